The molecule has 0 saturated heterocycles. The van der Waals surface area contributed by atoms with Crippen LogP contribution < -0.4 is 0 Å². The molecule has 0 fully saturated rings. The SMILES string of the molecule is O=S(=O)(O)c1ccc(-c2ccc(S(=O)(=O)O)cc2/C=C/c2ccccc2)c(/C=C/c2ccccc2)c1. The molecule has 4 aromatic rings. The van der Waals surface area contributed by atoms with Crippen molar-refractivity contribution >= 4 is 44.5 Å². The van der Waals surface area contributed by atoms with Crippen molar-refractivity contribution in [1.29, 1.82) is 0 Å². The fourth-order valence-electron chi connectivity index (χ4n) is 3.67. The Hall–Kier alpha value is -3.82. The summed E-state index contributed by atoms with van der Waals surface area (Å²) in [6.07, 6.45) is 7.05. The van der Waals surface area contributed by atoms with Crippen molar-refractivity contribution in [2.45, 2.75) is 9.79 Å². The first-order valence-corrected chi connectivity index (χ1v) is 13.7. The average Bonchev–Trinajstić information content (AvgIpc) is 2.86. The maximum atomic E-state index is 11.8. The van der Waals surface area contributed by atoms with Gasteiger partial charge in [-0.3, -0.25) is 9.11 Å². The smallest absolute Gasteiger partial charge is 0.282 e. The Morgan fingerprint density at radius 3 is 1.17 bits per heavy atom. The predicted molar refractivity (Wildman–Crippen MR) is 142 cm³/mol. The van der Waals surface area contributed by atoms with Gasteiger partial charge < -0.3 is 0 Å². The largest absolute Gasteiger partial charge is 0.294 e. The Balaban J connectivity index is 1.91. The lowest BCUT2D eigenvalue weighted by molar-refractivity contribution is 0.481. The van der Waals surface area contributed by atoms with Crippen molar-refractivity contribution < 1.29 is 25.9 Å². The standard InChI is InChI=1S/C28H22O6S2/c29-35(30,31)25-15-17-27(23(19-25)13-11-21-7-3-1-4-8-21)28-18-16-26(36(32,33)34)20-24(28)14-12-22-9-5-2-6-10-22/h1-20H,(H,29,30,31)(H,32,33,34)/b13-11+,14-12+. The van der Waals surface area contributed by atoms with E-state index in [4.69, 9.17) is 0 Å². The molecule has 0 aliphatic heterocycles. The van der Waals surface area contributed by atoms with Crippen LogP contribution in [-0.2, 0) is 20.2 Å². The molecule has 0 atom stereocenters. The summed E-state index contributed by atoms with van der Waals surface area (Å²) in [4.78, 5) is -0.537. The Labute approximate surface area is 210 Å². The second-order valence-electron chi connectivity index (χ2n) is 7.94. The molecule has 0 unspecified atom stereocenters. The molecule has 0 aromatic heterocycles. The van der Waals surface area contributed by atoms with Gasteiger partial charge in [-0.1, -0.05) is 97.1 Å². The normalized spacial score (nSPS) is 12.4. The molecule has 0 heterocycles. The van der Waals surface area contributed by atoms with Gasteiger partial charge in [-0.15, -0.1) is 0 Å². The van der Waals surface area contributed by atoms with Crippen LogP contribution in [-0.4, -0.2) is 25.9 Å². The second-order valence-corrected chi connectivity index (χ2v) is 10.8. The molecule has 0 aliphatic carbocycles. The van der Waals surface area contributed by atoms with Crippen LogP contribution in [0.3, 0.4) is 0 Å². The topological polar surface area (TPSA) is 109 Å². The first kappa shape index (κ1) is 25.3. The minimum absolute atomic E-state index is 0.269. The van der Waals surface area contributed by atoms with Crippen LogP contribution in [0.5, 0.6) is 0 Å². The van der Waals surface area contributed by atoms with E-state index in [1.165, 1.54) is 24.3 Å². The Morgan fingerprint density at radius 2 is 0.833 bits per heavy atom. The molecule has 4 rings (SSSR count). The molecule has 0 saturated carbocycles. The van der Waals surface area contributed by atoms with Crippen LogP contribution in [0.15, 0.2) is 107 Å². The zero-order valence-corrected chi connectivity index (χ0v) is 20.5. The van der Waals surface area contributed by atoms with Crippen molar-refractivity contribution in [1.82, 2.24) is 0 Å². The summed E-state index contributed by atoms with van der Waals surface area (Å²) in [7, 11) is -8.90. The first-order chi connectivity index (χ1) is 17.1. The van der Waals surface area contributed by atoms with E-state index < -0.39 is 20.2 Å². The lowest BCUT2D eigenvalue weighted by Gasteiger charge is -2.13. The van der Waals surface area contributed by atoms with Crippen molar-refractivity contribution in [3.63, 3.8) is 0 Å². The Bertz CT molecular complexity index is 1530. The van der Waals surface area contributed by atoms with Crippen LogP contribution in [0.4, 0.5) is 0 Å². The van der Waals surface area contributed by atoms with Gasteiger partial charge in [0.05, 0.1) is 9.79 Å². The lowest BCUT2D eigenvalue weighted by Crippen LogP contribution is -2.01. The van der Waals surface area contributed by atoms with E-state index >= 15 is 0 Å². The van der Waals surface area contributed by atoms with Gasteiger partial charge in [-0.05, 0) is 57.6 Å². The van der Waals surface area contributed by atoms with E-state index in [9.17, 15) is 25.9 Å². The number of hydrogen-bond donors (Lipinski definition) is 2. The van der Waals surface area contributed by atoms with Crippen LogP contribution in [0, 0.1) is 0 Å². The van der Waals surface area contributed by atoms with Gasteiger partial charge >= 0.3 is 0 Å². The predicted octanol–water partition coefficient (Wildman–Crippen LogP) is 6.19. The highest BCUT2D eigenvalue weighted by atomic mass is 32.2. The monoisotopic (exact) mass is 518 g/mol. The molecule has 0 radical (unpaired) electrons. The summed E-state index contributed by atoms with van der Waals surface area (Å²) < 4.78 is 66.4. The van der Waals surface area contributed by atoms with Gasteiger partial charge in [0.2, 0.25) is 0 Å². The number of benzene rings is 4. The van der Waals surface area contributed by atoms with Gasteiger partial charge in [0, 0.05) is 0 Å². The van der Waals surface area contributed by atoms with Gasteiger partial charge in [0.1, 0.15) is 0 Å². The Morgan fingerprint density at radius 1 is 0.472 bits per heavy atom. The first-order valence-electron chi connectivity index (χ1n) is 10.8. The molecule has 0 aliphatic rings. The summed E-state index contributed by atoms with van der Waals surface area (Å²) in [5.41, 5.74) is 3.94. The molecule has 8 heteroatoms. The van der Waals surface area contributed by atoms with Crippen LogP contribution in [0.25, 0.3) is 35.4 Å². The number of rotatable bonds is 7. The highest BCUT2D eigenvalue weighted by Crippen LogP contribution is 2.33. The third kappa shape index (κ3) is 6.24. The van der Waals surface area contributed by atoms with E-state index in [2.05, 4.69) is 0 Å². The van der Waals surface area contributed by atoms with Crippen LogP contribution in [0.1, 0.15) is 22.3 Å². The summed E-state index contributed by atoms with van der Waals surface area (Å²) in [5, 5.41) is 0. The summed E-state index contributed by atoms with van der Waals surface area (Å²) in [6.45, 7) is 0. The molecular formula is C28H22O6S2. The minimum Gasteiger partial charge on any atom is -0.282 e. The summed E-state index contributed by atoms with van der Waals surface area (Å²) in [6, 6.07) is 27.2. The van der Waals surface area contributed by atoms with Crippen molar-refractivity contribution in [3.05, 3.63) is 119 Å². The van der Waals surface area contributed by atoms with Gasteiger partial charge in [-0.25, -0.2) is 0 Å². The molecule has 4 aromatic carbocycles. The fraction of sp³-hybridized carbons (Fsp3) is 0. The fourth-order valence-corrected chi connectivity index (χ4v) is 4.70. The molecule has 0 amide bonds. The van der Waals surface area contributed by atoms with E-state index in [-0.39, 0.29) is 9.79 Å². The number of hydrogen-bond acceptors (Lipinski definition) is 4. The minimum atomic E-state index is -4.45. The molecule has 0 bridgehead atoms. The van der Waals surface area contributed by atoms with Crippen LogP contribution in [0.2, 0.25) is 0 Å². The van der Waals surface area contributed by atoms with E-state index in [0.29, 0.717) is 22.3 Å². The lowest BCUT2D eigenvalue weighted by atomic mass is 9.94. The molecule has 2 N–H and O–H groups in total. The third-order valence-corrected chi connectivity index (χ3v) is 7.14. The van der Waals surface area contributed by atoms with E-state index in [1.807, 2.05) is 60.7 Å². The highest BCUT2D eigenvalue weighted by molar-refractivity contribution is 7.86. The van der Waals surface area contributed by atoms with Crippen LogP contribution >= 0.6 is 0 Å². The molecule has 182 valence electrons. The third-order valence-electron chi connectivity index (χ3n) is 5.44. The average molecular weight is 519 g/mol. The zero-order chi connectivity index (χ0) is 25.8. The summed E-state index contributed by atoms with van der Waals surface area (Å²) >= 11 is 0. The maximum Gasteiger partial charge on any atom is 0.294 e. The van der Waals surface area contributed by atoms with E-state index in [0.717, 1.165) is 11.1 Å². The van der Waals surface area contributed by atoms with Crippen molar-refractivity contribution in [2.75, 3.05) is 0 Å². The summed E-state index contributed by atoms with van der Waals surface area (Å²) in [5.74, 6) is 0. The molecule has 6 nitrogen and oxygen atoms in total. The van der Waals surface area contributed by atoms with Gasteiger partial charge in [-0.2, -0.15) is 16.8 Å². The van der Waals surface area contributed by atoms with Crippen molar-refractivity contribution in [3.8, 4) is 11.1 Å². The van der Waals surface area contributed by atoms with E-state index in [1.54, 1.807) is 36.4 Å². The molecule has 36 heavy (non-hydrogen) atoms. The Kier molecular flexibility index (Phi) is 7.32. The quantitative estimate of drug-likeness (QED) is 0.223. The maximum absolute atomic E-state index is 11.8. The van der Waals surface area contributed by atoms with Gasteiger partial charge in [0.25, 0.3) is 20.2 Å². The second kappa shape index (κ2) is 10.4. The highest BCUT2D eigenvalue weighted by Gasteiger charge is 2.17. The molecular weight excluding hydrogens is 496 g/mol. The van der Waals surface area contributed by atoms with Crippen molar-refractivity contribution in [2.24, 2.45) is 0 Å². The zero-order valence-electron chi connectivity index (χ0n) is 18.9. The molecule has 0 spiro atoms. The van der Waals surface area contributed by atoms with Gasteiger partial charge in [0.15, 0.2) is 0 Å².